The van der Waals surface area contributed by atoms with E-state index in [9.17, 15) is 9.90 Å². The molecule has 1 heterocycles. The van der Waals surface area contributed by atoms with Gasteiger partial charge in [0, 0.05) is 37.2 Å². The molecule has 1 aliphatic heterocycles. The van der Waals surface area contributed by atoms with Crippen molar-refractivity contribution in [2.24, 2.45) is 5.92 Å². The first-order valence-corrected chi connectivity index (χ1v) is 12.4. The zero-order chi connectivity index (χ0) is 23.1. The van der Waals surface area contributed by atoms with E-state index in [4.69, 9.17) is 4.74 Å². The molecule has 3 fully saturated rings. The van der Waals surface area contributed by atoms with Crippen molar-refractivity contribution < 1.29 is 14.6 Å². The number of fused-ring (bicyclic) bond motifs is 1. The van der Waals surface area contributed by atoms with E-state index in [0.717, 1.165) is 55.1 Å². The zero-order valence-corrected chi connectivity index (χ0v) is 19.9. The number of ether oxygens (including phenoxy) is 1. The number of carbonyl (C=O) groups is 1. The molecule has 176 valence electrons. The van der Waals surface area contributed by atoms with Crippen molar-refractivity contribution in [2.75, 3.05) is 33.8 Å². The van der Waals surface area contributed by atoms with Gasteiger partial charge in [-0.05, 0) is 80.8 Å². The molecule has 2 aromatic carbocycles. The van der Waals surface area contributed by atoms with Crippen LogP contribution in [0.15, 0.2) is 54.6 Å². The second-order valence-electron chi connectivity index (χ2n) is 10.5. The van der Waals surface area contributed by atoms with Gasteiger partial charge in [-0.1, -0.05) is 30.3 Å². The lowest BCUT2D eigenvalue weighted by Crippen LogP contribution is -2.67. The van der Waals surface area contributed by atoms with E-state index in [1.54, 1.807) is 7.11 Å². The summed E-state index contributed by atoms with van der Waals surface area (Å²) in [5.74, 6) is 1.68. The second kappa shape index (κ2) is 8.77. The number of carbonyl (C=O) groups excluding carboxylic acids is 1. The van der Waals surface area contributed by atoms with Gasteiger partial charge in [-0.25, -0.2) is 0 Å². The normalized spacial score (nSPS) is 29.8. The maximum Gasteiger partial charge on any atom is 0.253 e. The van der Waals surface area contributed by atoms with E-state index in [0.29, 0.717) is 13.0 Å². The van der Waals surface area contributed by atoms with Crippen LogP contribution in [0.2, 0.25) is 0 Å². The Kier molecular flexibility index (Phi) is 5.96. The van der Waals surface area contributed by atoms with Gasteiger partial charge in [-0.15, -0.1) is 0 Å². The van der Waals surface area contributed by atoms with Gasteiger partial charge in [0.2, 0.25) is 0 Å². The van der Waals surface area contributed by atoms with Gasteiger partial charge >= 0.3 is 0 Å². The monoisotopic (exact) mass is 448 g/mol. The molecule has 5 heteroatoms. The number of methoxy groups -OCH3 is 1. The molecule has 1 amide bonds. The fraction of sp³-hybridized carbons (Fsp3) is 0.536. The van der Waals surface area contributed by atoms with Crippen molar-refractivity contribution in [3.05, 3.63) is 65.7 Å². The minimum absolute atomic E-state index is 0.0537. The maximum atomic E-state index is 13.2. The average molecular weight is 449 g/mol. The average Bonchev–Trinajstić information content (AvgIpc) is 3.67. The third-order valence-corrected chi connectivity index (χ3v) is 8.43. The first-order chi connectivity index (χ1) is 15.9. The molecule has 3 atom stereocenters. The molecule has 0 bridgehead atoms. The smallest absolute Gasteiger partial charge is 0.253 e. The van der Waals surface area contributed by atoms with Crippen LogP contribution in [0.3, 0.4) is 0 Å². The molecule has 3 aliphatic rings. The number of hydrogen-bond acceptors (Lipinski definition) is 4. The number of rotatable bonds is 6. The maximum absolute atomic E-state index is 13.2. The lowest BCUT2D eigenvalue weighted by atomic mass is 9.55. The van der Waals surface area contributed by atoms with Crippen molar-refractivity contribution in [1.29, 1.82) is 0 Å². The van der Waals surface area contributed by atoms with Gasteiger partial charge in [-0.3, -0.25) is 4.79 Å². The van der Waals surface area contributed by atoms with E-state index in [1.807, 2.05) is 54.4 Å². The summed E-state index contributed by atoms with van der Waals surface area (Å²) < 4.78 is 5.55. The summed E-state index contributed by atoms with van der Waals surface area (Å²) in [7, 11) is 3.61. The third-order valence-electron chi connectivity index (χ3n) is 8.43. The number of aliphatic hydroxyl groups is 1. The van der Waals surface area contributed by atoms with Gasteiger partial charge in [0.05, 0.1) is 12.7 Å². The zero-order valence-electron chi connectivity index (χ0n) is 19.9. The highest BCUT2D eigenvalue weighted by Gasteiger charge is 2.58. The Morgan fingerprint density at radius 1 is 1.12 bits per heavy atom. The van der Waals surface area contributed by atoms with Crippen LogP contribution in [0, 0.1) is 5.92 Å². The largest absolute Gasteiger partial charge is 0.497 e. The summed E-state index contributed by atoms with van der Waals surface area (Å²) in [4.78, 5) is 17.6. The van der Waals surface area contributed by atoms with Crippen LogP contribution in [0.4, 0.5) is 0 Å². The first kappa shape index (κ1) is 22.4. The van der Waals surface area contributed by atoms with Crippen molar-refractivity contribution in [3.63, 3.8) is 0 Å². The molecule has 0 radical (unpaired) electrons. The lowest BCUT2D eigenvalue weighted by molar-refractivity contribution is -0.132. The molecule has 5 nitrogen and oxygen atoms in total. The van der Waals surface area contributed by atoms with E-state index in [-0.39, 0.29) is 11.9 Å². The van der Waals surface area contributed by atoms with Gasteiger partial charge in [0.1, 0.15) is 5.75 Å². The SMILES string of the molecule is COc1cccc([C@@]23CCN(CC4CC4)C[C@@]2(O)CC[C@@H](N(C)C(=O)c2ccccc2)C3)c1. The highest BCUT2D eigenvalue weighted by molar-refractivity contribution is 5.94. The van der Waals surface area contributed by atoms with E-state index >= 15 is 0 Å². The summed E-state index contributed by atoms with van der Waals surface area (Å²) in [5, 5.41) is 12.2. The summed E-state index contributed by atoms with van der Waals surface area (Å²) >= 11 is 0. The Morgan fingerprint density at radius 3 is 2.64 bits per heavy atom. The van der Waals surface area contributed by atoms with Gasteiger partial charge in [0.25, 0.3) is 5.91 Å². The van der Waals surface area contributed by atoms with Crippen LogP contribution in [-0.2, 0) is 5.41 Å². The van der Waals surface area contributed by atoms with Crippen molar-refractivity contribution >= 4 is 5.91 Å². The fourth-order valence-electron chi connectivity index (χ4n) is 6.26. The number of nitrogens with zero attached hydrogens (tertiary/aromatic N) is 2. The molecule has 0 aromatic heterocycles. The molecule has 2 aliphatic carbocycles. The molecule has 0 spiro atoms. The van der Waals surface area contributed by atoms with E-state index in [2.05, 4.69) is 17.0 Å². The second-order valence-corrected chi connectivity index (χ2v) is 10.5. The number of benzene rings is 2. The molecule has 2 aromatic rings. The van der Waals surface area contributed by atoms with Crippen molar-refractivity contribution in [2.45, 2.75) is 55.6 Å². The van der Waals surface area contributed by atoms with Crippen LogP contribution in [-0.4, -0.2) is 66.2 Å². The number of hydrogen-bond donors (Lipinski definition) is 1. The predicted octanol–water partition coefficient (Wildman–Crippen LogP) is 4.10. The molecular weight excluding hydrogens is 412 g/mol. The minimum atomic E-state index is -0.806. The highest BCUT2D eigenvalue weighted by Crippen LogP contribution is 2.53. The van der Waals surface area contributed by atoms with E-state index < -0.39 is 11.0 Å². The van der Waals surface area contributed by atoms with Gasteiger partial charge in [0.15, 0.2) is 0 Å². The van der Waals surface area contributed by atoms with Crippen molar-refractivity contribution in [1.82, 2.24) is 9.80 Å². The Balaban J connectivity index is 1.46. The van der Waals surface area contributed by atoms with Gasteiger partial charge in [-0.2, -0.15) is 0 Å². The van der Waals surface area contributed by atoms with Crippen LogP contribution >= 0.6 is 0 Å². The number of amides is 1. The molecule has 1 N–H and O–H groups in total. The summed E-state index contributed by atoms with van der Waals surface area (Å²) in [6.07, 6.45) is 5.82. The van der Waals surface area contributed by atoms with Crippen molar-refractivity contribution in [3.8, 4) is 5.75 Å². The predicted molar refractivity (Wildman–Crippen MR) is 130 cm³/mol. The molecule has 1 saturated heterocycles. The molecule has 0 unspecified atom stereocenters. The van der Waals surface area contributed by atoms with Crippen LogP contribution in [0.1, 0.15) is 54.4 Å². The molecular formula is C28H36N2O3. The Labute approximate surface area is 197 Å². The standard InChI is InChI=1S/C28H36N2O3/c1-29(26(31)22-7-4-3-5-8-22)24-13-14-28(32)20-30(19-21-11-12-21)16-15-27(28,18-24)23-9-6-10-25(17-23)33-2/h3-10,17,21,24,32H,11-16,18-20H2,1-2H3/t24-,27+,28+/m1/s1. The molecule has 33 heavy (non-hydrogen) atoms. The van der Waals surface area contributed by atoms with Crippen LogP contribution < -0.4 is 4.74 Å². The lowest BCUT2D eigenvalue weighted by Gasteiger charge is -2.59. The Morgan fingerprint density at radius 2 is 1.91 bits per heavy atom. The fourth-order valence-corrected chi connectivity index (χ4v) is 6.26. The Bertz CT molecular complexity index is 992. The first-order valence-electron chi connectivity index (χ1n) is 12.4. The quantitative estimate of drug-likeness (QED) is 0.723. The third kappa shape index (κ3) is 4.17. The van der Waals surface area contributed by atoms with Gasteiger partial charge < -0.3 is 19.6 Å². The van der Waals surface area contributed by atoms with E-state index in [1.165, 1.54) is 12.8 Å². The highest BCUT2D eigenvalue weighted by atomic mass is 16.5. The Hall–Kier alpha value is -2.37. The molecule has 2 saturated carbocycles. The van der Waals surface area contributed by atoms with Crippen LogP contribution in [0.5, 0.6) is 5.75 Å². The minimum Gasteiger partial charge on any atom is -0.497 e. The number of β-amino-alcohol motifs (C(OH)–C–C–N with tert-alkyl or cyclic N) is 1. The number of likely N-dealkylation sites (tertiary alicyclic amines) is 1. The summed E-state index contributed by atoms with van der Waals surface area (Å²) in [6.45, 7) is 2.80. The number of piperidine rings is 1. The summed E-state index contributed by atoms with van der Waals surface area (Å²) in [6, 6.07) is 17.8. The summed E-state index contributed by atoms with van der Waals surface area (Å²) in [5.41, 5.74) is 0.659. The van der Waals surface area contributed by atoms with Crippen LogP contribution in [0.25, 0.3) is 0 Å². The topological polar surface area (TPSA) is 53.0 Å². The molecule has 5 rings (SSSR count).